The molecule has 0 aromatic carbocycles. The molecule has 0 spiro atoms. The summed E-state index contributed by atoms with van der Waals surface area (Å²) in [7, 11) is -1.34. The molecule has 24 heavy (non-hydrogen) atoms. The van der Waals surface area contributed by atoms with Crippen molar-refractivity contribution in [1.82, 2.24) is 19.5 Å². The van der Waals surface area contributed by atoms with E-state index in [0.717, 1.165) is 0 Å². The van der Waals surface area contributed by atoms with Gasteiger partial charge in [0.2, 0.25) is 0 Å². The summed E-state index contributed by atoms with van der Waals surface area (Å²) in [5.41, 5.74) is 5.56. The molecule has 14 heteroatoms. The molecule has 1 aliphatic rings. The van der Waals surface area contributed by atoms with Crippen molar-refractivity contribution in [2.45, 2.75) is 25.2 Å². The average molecular weight is 356 g/mol. The summed E-state index contributed by atoms with van der Waals surface area (Å²) < 4.78 is 27.6. The second kappa shape index (κ2) is 6.44. The van der Waals surface area contributed by atoms with Crippen molar-refractivity contribution < 1.29 is 23.3 Å². The van der Waals surface area contributed by atoms with E-state index in [1.165, 1.54) is 6.33 Å². The van der Waals surface area contributed by atoms with E-state index in [-0.39, 0.29) is 18.1 Å². The van der Waals surface area contributed by atoms with Gasteiger partial charge < -0.3 is 5.73 Å². The van der Waals surface area contributed by atoms with Crippen molar-refractivity contribution in [2.24, 2.45) is 5.06 Å². The van der Waals surface area contributed by atoms with Gasteiger partial charge in [0.1, 0.15) is 0 Å². The van der Waals surface area contributed by atoms with Crippen LogP contribution in [0.5, 0.6) is 0 Å². The first-order valence-electron chi connectivity index (χ1n) is 6.89. The second-order valence-electron chi connectivity index (χ2n) is 5.04. The van der Waals surface area contributed by atoms with Crippen LogP contribution in [0.15, 0.2) is 16.2 Å². The van der Waals surface area contributed by atoms with Crippen LogP contribution in [0.4, 0.5) is 5.95 Å². The molecule has 1 fully saturated rings. The van der Waals surface area contributed by atoms with E-state index in [1.54, 1.807) is 4.57 Å². The van der Waals surface area contributed by atoms with Crippen LogP contribution in [-0.4, -0.2) is 44.8 Å². The first kappa shape index (κ1) is 16.8. The first-order chi connectivity index (χ1) is 11.4. The number of rotatable bonds is 6. The third-order valence-corrected chi connectivity index (χ3v) is 4.23. The number of ether oxygens (including phenoxy) is 1. The number of phosphoric ester groups is 1. The van der Waals surface area contributed by atoms with E-state index < -0.39 is 25.7 Å². The predicted molar refractivity (Wildman–Crippen MR) is 82.1 cm³/mol. The molecular formula is C10H14BN6O6P. The fraction of sp³-hybridized carbons (Fsp3) is 0.500. The first-order valence-corrected chi connectivity index (χ1v) is 8.39. The molecule has 2 aromatic rings. The van der Waals surface area contributed by atoms with Gasteiger partial charge in [-0.05, 0) is 0 Å². The molecule has 4 N–H and O–H groups in total. The van der Waals surface area contributed by atoms with Crippen molar-refractivity contribution in [3.63, 3.8) is 0 Å². The Bertz CT molecular complexity index is 869. The predicted octanol–water partition coefficient (Wildman–Crippen LogP) is -0.488. The van der Waals surface area contributed by atoms with Crippen LogP contribution in [0.2, 0.25) is 0 Å². The quantitative estimate of drug-likeness (QED) is 0.351. The van der Waals surface area contributed by atoms with Crippen molar-refractivity contribution in [2.75, 3.05) is 12.3 Å². The maximum atomic E-state index is 11.8. The van der Waals surface area contributed by atoms with Gasteiger partial charge in [-0.25, -0.2) is 0 Å². The zero-order chi connectivity index (χ0) is 17.3. The molecule has 1 unspecified atom stereocenters. The number of H-pyrrole nitrogens is 1. The van der Waals surface area contributed by atoms with Crippen LogP contribution in [-0.2, 0) is 18.5 Å². The number of aromatic amines is 1. The van der Waals surface area contributed by atoms with E-state index in [0.29, 0.717) is 18.5 Å². The summed E-state index contributed by atoms with van der Waals surface area (Å²) in [6, 6.07) is 0. The molecule has 3 rings (SSSR count). The number of aromatic nitrogens is 4. The van der Waals surface area contributed by atoms with Crippen LogP contribution in [0.3, 0.4) is 0 Å². The Morgan fingerprint density at radius 1 is 1.62 bits per heavy atom. The summed E-state index contributed by atoms with van der Waals surface area (Å²) in [5, 5.41) is 2.86. The Labute approximate surface area is 135 Å². The van der Waals surface area contributed by atoms with E-state index in [4.69, 9.17) is 15.0 Å². The molecule has 3 atom stereocenters. The zero-order valence-electron chi connectivity index (χ0n) is 12.4. The maximum absolute atomic E-state index is 11.8. The standard InChI is InChI=1S/C10H14BN6O6P/c11-16-23-24(19,20)21-3-5-1-2-6(22-5)17-4-13-7-8(17)14-10(12)15-9(7)18/h4-6,11H,1-3H2,(H,19,20)(H3,12,14,15,18)/t5-,6+/m0/s1. The fourth-order valence-corrected chi connectivity index (χ4v) is 2.99. The van der Waals surface area contributed by atoms with E-state index >= 15 is 0 Å². The summed E-state index contributed by atoms with van der Waals surface area (Å²) in [5.74, 6) is -0.0255. The number of imidazole rings is 1. The molecule has 3 heterocycles. The molecule has 0 aliphatic carbocycles. The SMILES string of the molecule is B=NOP(=O)(O)OC[C@@H]1CC[C@H](n2cnc3c(=O)[nH]c(N)nc32)O1. The minimum absolute atomic E-state index is 0.0255. The number of nitrogen functional groups attached to an aromatic ring is 1. The number of hydrogen-bond donors (Lipinski definition) is 3. The van der Waals surface area contributed by atoms with E-state index in [9.17, 15) is 14.3 Å². The van der Waals surface area contributed by atoms with Crippen LogP contribution in [0.25, 0.3) is 11.2 Å². The van der Waals surface area contributed by atoms with Gasteiger partial charge in [-0.1, -0.05) is 0 Å². The number of hydrogen-bond acceptors (Lipinski definition) is 9. The number of nitrogens with one attached hydrogen (secondary N) is 1. The summed E-state index contributed by atoms with van der Waals surface area (Å²) >= 11 is 0. The average Bonchev–Trinajstić information content (AvgIpc) is 3.11. The topological polar surface area (TPSA) is 167 Å². The van der Waals surface area contributed by atoms with Gasteiger partial charge >= 0.3 is 119 Å². The Morgan fingerprint density at radius 2 is 2.42 bits per heavy atom. The third-order valence-electron chi connectivity index (χ3n) is 3.43. The van der Waals surface area contributed by atoms with Gasteiger partial charge in [0.15, 0.2) is 0 Å². The molecular weight excluding hydrogens is 342 g/mol. The molecule has 12 nitrogen and oxygen atoms in total. The Hall–Kier alpha value is -2.08. The fourth-order valence-electron chi connectivity index (χ4n) is 2.44. The van der Waals surface area contributed by atoms with E-state index in [2.05, 4.69) is 32.3 Å². The van der Waals surface area contributed by atoms with Gasteiger partial charge in [0, 0.05) is 0 Å². The van der Waals surface area contributed by atoms with Crippen molar-refractivity contribution in [1.29, 1.82) is 0 Å². The van der Waals surface area contributed by atoms with Gasteiger partial charge in [0.25, 0.3) is 0 Å². The molecule has 0 radical (unpaired) electrons. The molecule has 0 saturated carbocycles. The summed E-state index contributed by atoms with van der Waals surface area (Å²) in [6.07, 6.45) is 1.67. The van der Waals surface area contributed by atoms with Gasteiger partial charge in [-0.15, -0.1) is 0 Å². The van der Waals surface area contributed by atoms with E-state index in [1.807, 2.05) is 0 Å². The number of fused-ring (bicyclic) bond motifs is 1. The monoisotopic (exact) mass is 356 g/mol. The minimum atomic E-state index is -4.28. The van der Waals surface area contributed by atoms with Crippen LogP contribution >= 0.6 is 7.82 Å². The summed E-state index contributed by atoms with van der Waals surface area (Å²) in [4.78, 5) is 31.5. The molecule has 1 saturated heterocycles. The Balaban J connectivity index is 1.71. The van der Waals surface area contributed by atoms with Crippen molar-refractivity contribution in [3.05, 3.63) is 16.7 Å². The van der Waals surface area contributed by atoms with Crippen LogP contribution in [0.1, 0.15) is 19.1 Å². The third kappa shape index (κ3) is 3.38. The Kier molecular flexibility index (Phi) is 4.50. The normalized spacial score (nSPS) is 23.2. The molecule has 1 aliphatic heterocycles. The van der Waals surface area contributed by atoms with Crippen LogP contribution in [0, 0.1) is 0 Å². The van der Waals surface area contributed by atoms with Crippen LogP contribution < -0.4 is 11.3 Å². The van der Waals surface area contributed by atoms with Crippen molar-refractivity contribution >= 4 is 32.6 Å². The number of nitrogens with two attached hydrogens (primary N) is 1. The molecule has 2 aromatic heterocycles. The number of phosphoric acid groups is 1. The van der Waals surface area contributed by atoms with Gasteiger partial charge in [0.05, 0.1) is 0 Å². The Morgan fingerprint density at radius 3 is 3.17 bits per heavy atom. The molecule has 128 valence electrons. The van der Waals surface area contributed by atoms with Gasteiger partial charge in [-0.2, -0.15) is 0 Å². The molecule has 0 amide bonds. The zero-order valence-corrected chi connectivity index (χ0v) is 13.3. The van der Waals surface area contributed by atoms with Gasteiger partial charge in [-0.3, -0.25) is 9.78 Å². The summed E-state index contributed by atoms with van der Waals surface area (Å²) in [6.45, 7) is -0.164. The number of anilines is 1. The van der Waals surface area contributed by atoms with Crippen molar-refractivity contribution in [3.8, 4) is 0 Å². The number of nitrogens with zero attached hydrogens (tertiary/aromatic N) is 4. The second-order valence-corrected chi connectivity index (χ2v) is 6.40. The molecule has 0 bridgehead atoms.